The maximum absolute atomic E-state index is 3.57. The van der Waals surface area contributed by atoms with Crippen LogP contribution in [0.5, 0.6) is 0 Å². The van der Waals surface area contributed by atoms with Gasteiger partial charge in [-0.2, -0.15) is 0 Å². The van der Waals surface area contributed by atoms with Crippen LogP contribution < -0.4 is 0 Å². The second-order valence-electron chi connectivity index (χ2n) is 8.05. The Morgan fingerprint density at radius 2 is 0.906 bits per heavy atom. The van der Waals surface area contributed by atoms with E-state index < -0.39 is 0 Å². The molecule has 0 atom stereocenters. The maximum Gasteiger partial charge on any atom is 0.0175 e. The first kappa shape index (κ1) is 19.7. The topological polar surface area (TPSA) is 0 Å². The van der Waals surface area contributed by atoms with Crippen molar-refractivity contribution < 1.29 is 0 Å². The van der Waals surface area contributed by atoms with E-state index in [1.165, 1.54) is 54.6 Å². The minimum Gasteiger partial charge on any atom is -0.0616 e. The summed E-state index contributed by atoms with van der Waals surface area (Å²) in [6.45, 7) is 0. The normalized spacial score (nSPS) is 11.4. The van der Waals surface area contributed by atoms with Gasteiger partial charge < -0.3 is 0 Å². The van der Waals surface area contributed by atoms with Crippen LogP contribution in [0.3, 0.4) is 0 Å². The van der Waals surface area contributed by atoms with Gasteiger partial charge in [0.2, 0.25) is 0 Å². The van der Waals surface area contributed by atoms with E-state index in [0.29, 0.717) is 0 Å². The summed E-state index contributed by atoms with van der Waals surface area (Å²) in [7, 11) is 0. The fourth-order valence-corrected chi connectivity index (χ4v) is 5.23. The van der Waals surface area contributed by atoms with E-state index in [2.05, 4.69) is 141 Å². The van der Waals surface area contributed by atoms with Crippen LogP contribution in [0.2, 0.25) is 0 Å². The first-order valence-corrected chi connectivity index (χ1v) is 12.2. The molecule has 0 nitrogen and oxygen atoms in total. The van der Waals surface area contributed by atoms with Gasteiger partial charge in [0, 0.05) is 8.95 Å². The average Bonchev–Trinajstić information content (AvgIpc) is 2.84. The van der Waals surface area contributed by atoms with Gasteiger partial charge in [0.25, 0.3) is 0 Å². The molecule has 0 heterocycles. The van der Waals surface area contributed by atoms with Gasteiger partial charge in [0.05, 0.1) is 0 Å². The highest BCUT2D eigenvalue weighted by atomic mass is 79.9. The number of hydrogen-bond donors (Lipinski definition) is 0. The van der Waals surface area contributed by atoms with Gasteiger partial charge in [-0.3, -0.25) is 0 Å². The van der Waals surface area contributed by atoms with Gasteiger partial charge in [0.1, 0.15) is 0 Å². The number of halogens is 2. The molecule has 0 spiro atoms. The van der Waals surface area contributed by atoms with Crippen molar-refractivity contribution in [2.75, 3.05) is 0 Å². The largest absolute Gasteiger partial charge is 0.0616 e. The van der Waals surface area contributed by atoms with Crippen LogP contribution in [-0.2, 0) is 0 Å². The Morgan fingerprint density at radius 3 is 1.59 bits per heavy atom. The Hall–Kier alpha value is -2.94. The van der Waals surface area contributed by atoms with Crippen molar-refractivity contribution in [3.63, 3.8) is 0 Å². The van der Waals surface area contributed by atoms with Crippen molar-refractivity contribution in [2.45, 2.75) is 0 Å². The van der Waals surface area contributed by atoms with Crippen LogP contribution in [0.25, 0.3) is 54.6 Å². The predicted octanol–water partition coefficient (Wildman–Crippen LogP) is 10.0. The molecule has 6 aromatic carbocycles. The lowest BCUT2D eigenvalue weighted by molar-refractivity contribution is 1.61. The molecule has 0 saturated heterocycles. The Kier molecular flexibility index (Phi) is 4.86. The molecule has 0 aliphatic heterocycles. The van der Waals surface area contributed by atoms with E-state index in [-0.39, 0.29) is 0 Å². The summed E-state index contributed by atoms with van der Waals surface area (Å²) >= 11 is 7.11. The van der Waals surface area contributed by atoms with E-state index in [1.807, 2.05) is 0 Å². The fourth-order valence-electron chi connectivity index (χ4n) is 4.70. The van der Waals surface area contributed by atoms with Crippen molar-refractivity contribution in [1.29, 1.82) is 0 Å². The minimum atomic E-state index is 1.09. The number of rotatable bonds is 2. The Bertz CT molecular complexity index is 1570. The Balaban J connectivity index is 1.71. The van der Waals surface area contributed by atoms with Crippen molar-refractivity contribution in [3.05, 3.63) is 118 Å². The summed E-state index contributed by atoms with van der Waals surface area (Å²) in [4.78, 5) is 0. The molecule has 6 rings (SSSR count). The highest BCUT2D eigenvalue weighted by Gasteiger charge is 2.13. The molecule has 0 saturated carbocycles. The van der Waals surface area contributed by atoms with Crippen molar-refractivity contribution >= 4 is 64.2 Å². The van der Waals surface area contributed by atoms with Crippen molar-refractivity contribution in [2.24, 2.45) is 0 Å². The van der Waals surface area contributed by atoms with E-state index >= 15 is 0 Å². The summed E-state index contributed by atoms with van der Waals surface area (Å²) in [6, 6.07) is 39.5. The van der Waals surface area contributed by atoms with Gasteiger partial charge in [0.15, 0.2) is 0 Å². The summed E-state index contributed by atoms with van der Waals surface area (Å²) in [6.07, 6.45) is 0. The quantitative estimate of drug-likeness (QED) is 0.193. The van der Waals surface area contributed by atoms with Crippen LogP contribution in [0.1, 0.15) is 0 Å². The highest BCUT2D eigenvalue weighted by molar-refractivity contribution is 9.10. The fraction of sp³-hybridized carbons (Fsp3) is 0. The number of fused-ring (bicyclic) bond motifs is 6. The molecule has 0 radical (unpaired) electrons. The second kappa shape index (κ2) is 7.88. The summed E-state index contributed by atoms with van der Waals surface area (Å²) in [5.41, 5.74) is 4.96. The molecule has 0 bridgehead atoms. The highest BCUT2D eigenvalue weighted by Crippen LogP contribution is 2.41. The predicted molar refractivity (Wildman–Crippen MR) is 145 cm³/mol. The van der Waals surface area contributed by atoms with Crippen LogP contribution in [-0.4, -0.2) is 0 Å². The molecule has 152 valence electrons. The molecule has 32 heavy (non-hydrogen) atoms. The third kappa shape index (κ3) is 3.26. The van der Waals surface area contributed by atoms with Gasteiger partial charge in [-0.05, 0) is 84.9 Å². The molecule has 0 aromatic heterocycles. The van der Waals surface area contributed by atoms with E-state index in [1.54, 1.807) is 0 Å². The standard InChI is InChI=1S/C30H18Br2/c31-22-13-8-19(9-14-22)21-12-17-26-28-7-3-6-24(20-10-15-23(32)16-11-20)30(28)27-5-2-1-4-25(27)29(26)18-21/h1-18H. The SMILES string of the molecule is Brc1ccc(-c2ccc3c(c2)c2ccccc2c2c(-c4ccc(Br)cc4)cccc32)cc1. The number of benzene rings is 6. The van der Waals surface area contributed by atoms with E-state index in [9.17, 15) is 0 Å². The first-order valence-electron chi connectivity index (χ1n) is 10.6. The van der Waals surface area contributed by atoms with Gasteiger partial charge in [-0.1, -0.05) is 111 Å². The molecule has 0 aliphatic carbocycles. The van der Waals surface area contributed by atoms with Crippen molar-refractivity contribution in [1.82, 2.24) is 0 Å². The monoisotopic (exact) mass is 536 g/mol. The third-order valence-electron chi connectivity index (χ3n) is 6.19. The van der Waals surface area contributed by atoms with Crippen LogP contribution in [0.4, 0.5) is 0 Å². The molecular formula is C30H18Br2. The molecule has 0 N–H and O–H groups in total. The zero-order valence-electron chi connectivity index (χ0n) is 17.1. The lowest BCUT2D eigenvalue weighted by atomic mass is 9.88. The molecule has 6 aromatic rings. The first-order chi connectivity index (χ1) is 15.7. The second-order valence-corrected chi connectivity index (χ2v) is 9.88. The van der Waals surface area contributed by atoms with Crippen LogP contribution in [0, 0.1) is 0 Å². The molecule has 0 fully saturated rings. The average molecular weight is 538 g/mol. The Morgan fingerprint density at radius 1 is 0.375 bits per heavy atom. The maximum atomic E-state index is 3.57. The molecule has 0 unspecified atom stereocenters. The zero-order valence-corrected chi connectivity index (χ0v) is 20.3. The Labute approximate surface area is 203 Å². The lowest BCUT2D eigenvalue weighted by Gasteiger charge is -2.15. The van der Waals surface area contributed by atoms with Crippen molar-refractivity contribution in [3.8, 4) is 22.3 Å². The smallest absolute Gasteiger partial charge is 0.0175 e. The number of hydrogen-bond acceptors (Lipinski definition) is 0. The van der Waals surface area contributed by atoms with Crippen LogP contribution in [0.15, 0.2) is 118 Å². The van der Waals surface area contributed by atoms with Gasteiger partial charge in [-0.15, -0.1) is 0 Å². The minimum absolute atomic E-state index is 1.09. The lowest BCUT2D eigenvalue weighted by Crippen LogP contribution is -1.88. The summed E-state index contributed by atoms with van der Waals surface area (Å²) in [5.74, 6) is 0. The summed E-state index contributed by atoms with van der Waals surface area (Å²) in [5, 5.41) is 7.77. The molecule has 0 amide bonds. The molecular weight excluding hydrogens is 520 g/mol. The third-order valence-corrected chi connectivity index (χ3v) is 7.25. The molecule has 0 aliphatic rings. The summed E-state index contributed by atoms with van der Waals surface area (Å²) < 4.78 is 2.19. The van der Waals surface area contributed by atoms with Crippen LogP contribution >= 0.6 is 31.9 Å². The van der Waals surface area contributed by atoms with Gasteiger partial charge >= 0.3 is 0 Å². The van der Waals surface area contributed by atoms with E-state index in [0.717, 1.165) is 8.95 Å². The van der Waals surface area contributed by atoms with Gasteiger partial charge in [-0.25, -0.2) is 0 Å². The zero-order chi connectivity index (χ0) is 21.7. The molecule has 2 heteroatoms. The van der Waals surface area contributed by atoms with E-state index in [4.69, 9.17) is 0 Å².